The third-order valence-corrected chi connectivity index (χ3v) is 3.15. The smallest absolute Gasteiger partial charge is 0.131 e. The topological polar surface area (TPSA) is 63.8 Å². The van der Waals surface area contributed by atoms with E-state index in [9.17, 15) is 0 Å². The van der Waals surface area contributed by atoms with Crippen LogP contribution in [0.1, 0.15) is 37.9 Å². The second-order valence-electron chi connectivity index (χ2n) is 4.61. The Morgan fingerprint density at radius 1 is 1.31 bits per heavy atom. The first kappa shape index (κ1) is 11.2. The molecule has 1 aliphatic rings. The third-order valence-electron chi connectivity index (χ3n) is 3.15. The van der Waals surface area contributed by atoms with Crippen LogP contribution in [0, 0.1) is 12.8 Å². The fourth-order valence-electron chi connectivity index (χ4n) is 2.32. The molecule has 4 nitrogen and oxygen atoms in total. The zero-order valence-corrected chi connectivity index (χ0v) is 9.87. The summed E-state index contributed by atoms with van der Waals surface area (Å²) in [6.07, 6.45) is 6.82. The van der Waals surface area contributed by atoms with Crippen LogP contribution in [-0.4, -0.2) is 16.5 Å². The first-order valence-corrected chi connectivity index (χ1v) is 6.09. The molecule has 0 aliphatic heterocycles. The van der Waals surface area contributed by atoms with E-state index in [0.717, 1.165) is 24.1 Å². The molecule has 0 radical (unpaired) electrons. The standard InChI is InChI=1S/C12H20N4/c1-9-15-11(13)7-12(16-9)14-8-10-5-3-2-4-6-10/h7,10H,2-6,8H2,1H3,(H3,13,14,15,16). The summed E-state index contributed by atoms with van der Waals surface area (Å²) in [6.45, 7) is 2.87. The van der Waals surface area contributed by atoms with Crippen molar-refractivity contribution >= 4 is 11.6 Å². The SMILES string of the molecule is Cc1nc(N)cc(NCC2CCCCC2)n1. The van der Waals surface area contributed by atoms with Crippen LogP contribution in [-0.2, 0) is 0 Å². The third kappa shape index (κ3) is 3.08. The number of nitrogens with one attached hydrogen (secondary N) is 1. The van der Waals surface area contributed by atoms with E-state index in [4.69, 9.17) is 5.73 Å². The van der Waals surface area contributed by atoms with Crippen molar-refractivity contribution in [2.45, 2.75) is 39.0 Å². The summed E-state index contributed by atoms with van der Waals surface area (Å²) in [5.74, 6) is 2.92. The van der Waals surface area contributed by atoms with Crippen LogP contribution in [0.15, 0.2) is 6.07 Å². The summed E-state index contributed by atoms with van der Waals surface area (Å²) in [5.41, 5.74) is 5.68. The number of hydrogen-bond acceptors (Lipinski definition) is 4. The Morgan fingerprint density at radius 2 is 2.06 bits per heavy atom. The maximum absolute atomic E-state index is 5.68. The molecule has 0 atom stereocenters. The van der Waals surface area contributed by atoms with Crippen molar-refractivity contribution in [3.8, 4) is 0 Å². The van der Waals surface area contributed by atoms with Crippen LogP contribution in [0.4, 0.5) is 11.6 Å². The van der Waals surface area contributed by atoms with Gasteiger partial charge in [-0.15, -0.1) is 0 Å². The Morgan fingerprint density at radius 3 is 2.75 bits per heavy atom. The number of hydrogen-bond donors (Lipinski definition) is 2. The second-order valence-corrected chi connectivity index (χ2v) is 4.61. The quantitative estimate of drug-likeness (QED) is 0.820. The van der Waals surface area contributed by atoms with E-state index in [1.54, 1.807) is 6.07 Å². The lowest BCUT2D eigenvalue weighted by Crippen LogP contribution is -2.18. The van der Waals surface area contributed by atoms with E-state index in [1.165, 1.54) is 32.1 Å². The minimum atomic E-state index is 0.540. The largest absolute Gasteiger partial charge is 0.384 e. The highest BCUT2D eigenvalue weighted by Gasteiger charge is 2.13. The maximum Gasteiger partial charge on any atom is 0.131 e. The molecule has 0 unspecified atom stereocenters. The summed E-state index contributed by atoms with van der Waals surface area (Å²) >= 11 is 0. The fourth-order valence-corrected chi connectivity index (χ4v) is 2.32. The fraction of sp³-hybridized carbons (Fsp3) is 0.667. The molecule has 1 fully saturated rings. The zero-order valence-electron chi connectivity index (χ0n) is 9.87. The van der Waals surface area contributed by atoms with E-state index in [-0.39, 0.29) is 0 Å². The van der Waals surface area contributed by atoms with E-state index in [1.807, 2.05) is 6.92 Å². The number of aromatic nitrogens is 2. The predicted molar refractivity (Wildman–Crippen MR) is 66.2 cm³/mol. The van der Waals surface area contributed by atoms with Crippen LogP contribution in [0.25, 0.3) is 0 Å². The molecule has 0 amide bonds. The summed E-state index contributed by atoms with van der Waals surface area (Å²) in [6, 6.07) is 1.80. The number of anilines is 2. The number of rotatable bonds is 3. The van der Waals surface area contributed by atoms with Gasteiger partial charge in [0.1, 0.15) is 17.5 Å². The van der Waals surface area contributed by atoms with Gasteiger partial charge >= 0.3 is 0 Å². The first-order chi connectivity index (χ1) is 7.74. The van der Waals surface area contributed by atoms with Gasteiger partial charge in [-0.05, 0) is 25.7 Å². The normalized spacial score (nSPS) is 17.3. The van der Waals surface area contributed by atoms with Crippen LogP contribution in [0.3, 0.4) is 0 Å². The van der Waals surface area contributed by atoms with Crippen molar-refractivity contribution < 1.29 is 0 Å². The van der Waals surface area contributed by atoms with Gasteiger partial charge in [-0.25, -0.2) is 9.97 Å². The van der Waals surface area contributed by atoms with Crippen molar-refractivity contribution in [3.63, 3.8) is 0 Å². The zero-order chi connectivity index (χ0) is 11.4. The Balaban J connectivity index is 1.88. The maximum atomic E-state index is 5.68. The Kier molecular flexibility index (Phi) is 3.59. The van der Waals surface area contributed by atoms with E-state index >= 15 is 0 Å². The van der Waals surface area contributed by atoms with Crippen LogP contribution in [0.5, 0.6) is 0 Å². The minimum Gasteiger partial charge on any atom is -0.384 e. The molecule has 0 saturated heterocycles. The molecule has 1 heterocycles. The molecule has 1 aliphatic carbocycles. The van der Waals surface area contributed by atoms with E-state index in [0.29, 0.717) is 5.82 Å². The highest BCUT2D eigenvalue weighted by Crippen LogP contribution is 2.23. The van der Waals surface area contributed by atoms with Gasteiger partial charge in [0.25, 0.3) is 0 Å². The Bertz CT molecular complexity index is 325. The molecule has 88 valence electrons. The summed E-state index contributed by atoms with van der Waals surface area (Å²) < 4.78 is 0. The van der Waals surface area contributed by atoms with Gasteiger partial charge in [0.05, 0.1) is 0 Å². The van der Waals surface area contributed by atoms with Crippen molar-refractivity contribution in [1.29, 1.82) is 0 Å². The lowest BCUT2D eigenvalue weighted by molar-refractivity contribution is 0.373. The molecule has 0 bridgehead atoms. The van der Waals surface area contributed by atoms with E-state index < -0.39 is 0 Å². The average Bonchev–Trinajstić information content (AvgIpc) is 2.27. The average molecular weight is 220 g/mol. The molecule has 1 aromatic heterocycles. The molecular weight excluding hydrogens is 200 g/mol. The lowest BCUT2D eigenvalue weighted by Gasteiger charge is -2.22. The number of nitrogens with zero attached hydrogens (tertiary/aromatic N) is 2. The molecule has 2 rings (SSSR count). The summed E-state index contributed by atoms with van der Waals surface area (Å²) in [7, 11) is 0. The van der Waals surface area contributed by atoms with Gasteiger partial charge in [-0.3, -0.25) is 0 Å². The Hall–Kier alpha value is -1.32. The van der Waals surface area contributed by atoms with Gasteiger partial charge in [0, 0.05) is 12.6 Å². The van der Waals surface area contributed by atoms with Gasteiger partial charge in [-0.2, -0.15) is 0 Å². The van der Waals surface area contributed by atoms with Crippen LogP contribution >= 0.6 is 0 Å². The predicted octanol–water partition coefficient (Wildman–Crippen LogP) is 2.36. The second kappa shape index (κ2) is 5.14. The minimum absolute atomic E-state index is 0.540. The monoisotopic (exact) mass is 220 g/mol. The summed E-state index contributed by atoms with van der Waals surface area (Å²) in [4.78, 5) is 8.37. The highest BCUT2D eigenvalue weighted by atomic mass is 15.0. The number of aryl methyl sites for hydroxylation is 1. The molecule has 0 aromatic carbocycles. The van der Waals surface area contributed by atoms with Crippen molar-refractivity contribution in [1.82, 2.24) is 9.97 Å². The molecule has 1 aromatic rings. The van der Waals surface area contributed by atoms with Crippen molar-refractivity contribution in [3.05, 3.63) is 11.9 Å². The van der Waals surface area contributed by atoms with Crippen molar-refractivity contribution in [2.75, 3.05) is 17.6 Å². The summed E-state index contributed by atoms with van der Waals surface area (Å²) in [5, 5.41) is 3.36. The Labute approximate surface area is 96.7 Å². The van der Waals surface area contributed by atoms with E-state index in [2.05, 4.69) is 15.3 Å². The molecule has 16 heavy (non-hydrogen) atoms. The van der Waals surface area contributed by atoms with Gasteiger partial charge in [0.2, 0.25) is 0 Å². The lowest BCUT2D eigenvalue weighted by atomic mass is 9.89. The van der Waals surface area contributed by atoms with Gasteiger partial charge in [-0.1, -0.05) is 19.3 Å². The van der Waals surface area contributed by atoms with Gasteiger partial charge < -0.3 is 11.1 Å². The number of nitrogens with two attached hydrogens (primary N) is 1. The van der Waals surface area contributed by atoms with Crippen LogP contribution in [0.2, 0.25) is 0 Å². The molecular formula is C12H20N4. The van der Waals surface area contributed by atoms with Gasteiger partial charge in [0.15, 0.2) is 0 Å². The molecule has 1 saturated carbocycles. The molecule has 0 spiro atoms. The first-order valence-electron chi connectivity index (χ1n) is 6.09. The highest BCUT2D eigenvalue weighted by molar-refractivity contribution is 5.44. The molecule has 4 heteroatoms. The van der Waals surface area contributed by atoms with Crippen molar-refractivity contribution in [2.24, 2.45) is 5.92 Å². The van der Waals surface area contributed by atoms with Crippen LogP contribution < -0.4 is 11.1 Å². The number of nitrogen functional groups attached to an aromatic ring is 1. The molecule has 3 N–H and O–H groups in total.